The number of anilines is 4. The Morgan fingerprint density at radius 2 is 0.850 bits per heavy atom. The van der Waals surface area contributed by atoms with Crippen molar-refractivity contribution in [3.05, 3.63) is 271 Å². The normalized spacial score (nSPS) is 18.0. The van der Waals surface area contributed by atoms with E-state index in [1.807, 2.05) is 48.6 Å². The molecule has 2 aliphatic carbocycles. The molecule has 4 saturated heterocycles. The van der Waals surface area contributed by atoms with E-state index in [1.165, 1.54) is 0 Å². The maximum atomic E-state index is 20.6. The molecule has 0 saturated carbocycles. The van der Waals surface area contributed by atoms with Gasteiger partial charge in [0.2, 0.25) is 0 Å². The van der Waals surface area contributed by atoms with Crippen LogP contribution in [0.25, 0.3) is 67.6 Å². The van der Waals surface area contributed by atoms with Gasteiger partial charge in [-0.1, -0.05) is 134 Å². The first-order valence-electron chi connectivity index (χ1n) is 45.1. The van der Waals surface area contributed by atoms with E-state index in [0.29, 0.717) is 54.3 Å². The van der Waals surface area contributed by atoms with Gasteiger partial charge in [0.25, 0.3) is 0 Å². The second kappa shape index (κ2) is 33.1. The number of rotatable bonds is 16. The quantitative estimate of drug-likeness (QED) is 0.0133. The highest BCUT2D eigenvalue weighted by molar-refractivity contribution is 6.98. The predicted molar refractivity (Wildman–Crippen MR) is 501 cm³/mol. The number of ether oxygens (including phenoxy) is 3. The highest BCUT2D eigenvalue weighted by atomic mass is 28.3. The number of fused-ring (bicyclic) bond motifs is 14. The largest absolute Gasteiger partial charge is 0.444 e. The summed E-state index contributed by atoms with van der Waals surface area (Å²) in [7, 11) is -6.17. The van der Waals surface area contributed by atoms with Crippen molar-refractivity contribution in [3.63, 3.8) is 0 Å². The lowest BCUT2D eigenvalue weighted by molar-refractivity contribution is -0.582. The zero-order valence-corrected chi connectivity index (χ0v) is 77.0. The Labute approximate surface area is 765 Å². The van der Waals surface area contributed by atoms with Gasteiger partial charge in [-0.25, -0.2) is 64.0 Å². The summed E-state index contributed by atoms with van der Waals surface area (Å²) in [5, 5.41) is 33.1. The standard InChI is InChI=1S/C102H94F6N14O9Si2/c1-101(2,3)130-99(127)109-41-39-71(123)89-59-23-11-12-24-60(59)91-94(64-28-16-18-30-70(64)112-89)122(115-113-91)96-86(106)80(78-67-37-33-57(119-47-21-48-119)53-75(67)133(9,10)76-54-58(34-38-68(76)78)120-49-22-50-120)82(84(104)88(96)108)98(126)129-97(125)81-79(77-65-35-31-55(117-43-19-44-117)51-73(65)132(7,8)74-52-56(32-36-66(74)77)118-45-20-46-118)85(105)95(87(107)83(81)103)121-93-62-26-14-13-25-61(62)90(72(124)40-42-110-100(128)131-102(4,5)6)111-69-29-17-15-27-63(69)92(93)114-116-121/h11-18,23-38,51-54,89-90,111H,19-22,39-50H2,1-10H3,(H-2,109,110,112,115,127,128)/p+2. The number of benzene rings is 8. The summed E-state index contributed by atoms with van der Waals surface area (Å²) in [6, 6.07) is 35.1. The van der Waals surface area contributed by atoms with Gasteiger partial charge in [0.15, 0.2) is 57.9 Å². The fraction of sp³-hybridized carbons (Fsp3) is 0.294. The maximum Gasteiger partial charge on any atom is 0.407 e. The van der Waals surface area contributed by atoms with Gasteiger partial charge in [0, 0.05) is 133 Å². The number of hydrogen-bond acceptors (Lipinski definition) is 17. The fourth-order valence-corrected chi connectivity index (χ4v) is 25.9. The number of ketones is 2. The minimum atomic E-state index is -3.09. The van der Waals surface area contributed by atoms with Crippen LogP contribution in [0.1, 0.15) is 146 Å². The number of Topliss-reactive ketones (excluding diaryl/α,β-unsaturated/α-hetero) is 2. The highest BCUT2D eigenvalue weighted by Crippen LogP contribution is 2.53. The van der Waals surface area contributed by atoms with Crippen LogP contribution in [-0.4, -0.2) is 179 Å². The van der Waals surface area contributed by atoms with Crippen molar-refractivity contribution < 1.29 is 78.5 Å². The van der Waals surface area contributed by atoms with Gasteiger partial charge < -0.3 is 45.3 Å². The van der Waals surface area contributed by atoms with Crippen molar-refractivity contribution >= 4 is 108 Å². The molecule has 0 spiro atoms. The minimum Gasteiger partial charge on any atom is -0.444 e. The van der Waals surface area contributed by atoms with Crippen LogP contribution in [0.15, 0.2) is 191 Å². The molecule has 0 bridgehead atoms. The van der Waals surface area contributed by atoms with Crippen molar-refractivity contribution in [3.8, 4) is 56.4 Å². The van der Waals surface area contributed by atoms with Gasteiger partial charge in [-0.05, 0) is 168 Å². The summed E-state index contributed by atoms with van der Waals surface area (Å²) in [6.45, 7) is 24.2. The van der Waals surface area contributed by atoms with Crippen molar-refractivity contribution in [1.82, 2.24) is 40.6 Å². The van der Waals surface area contributed by atoms with Gasteiger partial charge in [-0.3, -0.25) is 9.59 Å². The van der Waals surface area contributed by atoms with Crippen LogP contribution in [-0.2, 0) is 23.8 Å². The summed E-state index contributed by atoms with van der Waals surface area (Å²) >= 11 is 0. The van der Waals surface area contributed by atoms with Gasteiger partial charge in [0.05, 0.1) is 12.8 Å². The summed E-state index contributed by atoms with van der Waals surface area (Å²) < 4.78 is 142. The maximum absolute atomic E-state index is 20.6. The first-order chi connectivity index (χ1) is 63.7. The Balaban J connectivity index is 0.803. The SMILES string of the molecule is CC(C)(C)OC(=O)NCCC(=O)C1Nc2ccccc2-c2c(nnn2-c2c(F)c(F)c(C(=O)OC(=O)c3c(F)c(F)c(-n4nnc5c4-c4ccccc4C(C(=O)CCNC(=O)OC(C)(C)C)Nc4ccccc4-5)c(F)c3C3=C4C=CC(=[N+]5CCC5)C=C4[Si](C)(C)c4cc(N5CCC5)ccc43)c(C3=C4C=CC(=[N+]5CCC5)C=C4[Si](C)(C)c4cc(N5CCC5)ccc43)c2F)-c2ccccc21. The molecule has 23 nitrogen and oxygen atoms in total. The molecule has 2 aromatic heterocycles. The lowest BCUT2D eigenvalue weighted by Gasteiger charge is -2.40. The van der Waals surface area contributed by atoms with Crippen molar-refractivity contribution in [2.45, 2.75) is 130 Å². The summed E-state index contributed by atoms with van der Waals surface area (Å²) in [5.74, 6) is -16.6. The zero-order chi connectivity index (χ0) is 92.9. The smallest absolute Gasteiger partial charge is 0.407 e. The van der Waals surface area contributed by atoms with E-state index in [9.17, 15) is 19.2 Å². The van der Waals surface area contributed by atoms with Crippen LogP contribution in [0.3, 0.4) is 0 Å². The molecular weight excluding hydrogens is 1740 g/mol. The minimum absolute atomic E-state index is 0.00413. The first kappa shape index (κ1) is 87.1. The van der Waals surface area contributed by atoms with E-state index in [1.54, 1.807) is 163 Å². The number of para-hydroxylation sites is 2. The monoisotopic (exact) mass is 1830 g/mol. The predicted octanol–water partition coefficient (Wildman–Crippen LogP) is 16.9. The molecule has 2 amide bonds. The number of aromatic nitrogens is 6. The first-order valence-corrected chi connectivity index (χ1v) is 51.1. The van der Waals surface area contributed by atoms with E-state index in [2.05, 4.69) is 87.0 Å². The van der Waals surface area contributed by atoms with Crippen molar-refractivity contribution in [2.24, 2.45) is 0 Å². The Morgan fingerprint density at radius 1 is 0.459 bits per heavy atom. The fourth-order valence-electron chi connectivity index (χ4n) is 19.7. The van der Waals surface area contributed by atoms with Crippen LogP contribution in [0.4, 0.5) is 58.7 Å². The van der Waals surface area contributed by atoms with Crippen LogP contribution in [0, 0.1) is 34.9 Å². The summed E-state index contributed by atoms with van der Waals surface area (Å²) in [5.41, 5.74) is -3.14. The number of allylic oxidation sites excluding steroid dienone is 10. The lowest BCUT2D eigenvalue weighted by atomic mass is 9.85. The Morgan fingerprint density at radius 3 is 1.27 bits per heavy atom. The molecule has 0 radical (unpaired) electrons. The third-order valence-corrected chi connectivity index (χ3v) is 33.9. The van der Waals surface area contributed by atoms with Crippen LogP contribution >= 0.6 is 0 Å². The van der Waals surface area contributed by atoms with E-state index >= 15 is 35.9 Å². The number of nitrogens with one attached hydrogen (secondary N) is 4. The van der Waals surface area contributed by atoms with Crippen LogP contribution in [0.5, 0.6) is 0 Å². The molecule has 133 heavy (non-hydrogen) atoms. The Bertz CT molecular complexity index is 7040. The molecule has 10 aliphatic rings. The Hall–Kier alpha value is -13.9. The summed E-state index contributed by atoms with van der Waals surface area (Å²) in [4.78, 5) is 93.3. The molecule has 20 rings (SSSR count). The third-order valence-electron chi connectivity index (χ3n) is 26.9. The van der Waals surface area contributed by atoms with Crippen molar-refractivity contribution in [1.29, 1.82) is 0 Å². The number of hydrogen-bond donors (Lipinski definition) is 4. The van der Waals surface area contributed by atoms with Gasteiger partial charge in [0.1, 0.15) is 111 Å². The molecule has 8 aromatic carbocycles. The number of carbonyl (C=O) groups is 6. The molecule has 10 aromatic rings. The topological polar surface area (TPSA) is 252 Å². The van der Waals surface area contributed by atoms with Gasteiger partial charge in [-0.2, -0.15) is 0 Å². The molecule has 31 heteroatoms. The van der Waals surface area contributed by atoms with E-state index < -0.39 is 138 Å². The Kier molecular flexibility index (Phi) is 21.7. The second-order valence-corrected chi connectivity index (χ2v) is 46.8. The van der Waals surface area contributed by atoms with Crippen molar-refractivity contribution in [2.75, 3.05) is 85.9 Å². The highest BCUT2D eigenvalue weighted by Gasteiger charge is 2.50. The molecule has 10 heterocycles. The molecule has 2 atom stereocenters. The molecule has 676 valence electrons. The number of carbonyl (C=O) groups excluding carboxylic acids is 6. The average molecular weight is 1830 g/mol. The molecule has 8 aliphatic heterocycles. The average Bonchev–Trinajstić information content (AvgIpc) is 1.46. The van der Waals surface area contributed by atoms with Crippen LogP contribution in [0.2, 0.25) is 26.2 Å². The zero-order valence-electron chi connectivity index (χ0n) is 75.0. The van der Waals surface area contributed by atoms with E-state index in [0.717, 1.165) is 110 Å². The third kappa shape index (κ3) is 15.0. The number of amides is 2. The molecule has 4 N–H and O–H groups in total. The number of esters is 2. The summed E-state index contributed by atoms with van der Waals surface area (Å²) in [6.07, 6.45) is 12.9. The number of alkyl carbamates (subject to hydrolysis) is 2. The van der Waals surface area contributed by atoms with E-state index in [-0.39, 0.29) is 99.1 Å². The van der Waals surface area contributed by atoms with E-state index in [4.69, 9.17) is 14.2 Å². The van der Waals surface area contributed by atoms with Gasteiger partial charge in [-0.15, -0.1) is 10.2 Å². The van der Waals surface area contributed by atoms with Crippen LogP contribution < -0.4 is 41.4 Å². The molecule has 4 fully saturated rings. The molecular formula is C102H96F6N14O9Si2+2. The number of halogens is 6. The van der Waals surface area contributed by atoms with Gasteiger partial charge >= 0.3 is 24.1 Å². The number of nitrogens with zero attached hydrogens (tertiary/aromatic N) is 10. The second-order valence-electron chi connectivity index (χ2n) is 38.1. The molecule has 2 unspecified atom stereocenters. The lowest BCUT2D eigenvalue weighted by Crippen LogP contribution is -2.50.